The summed E-state index contributed by atoms with van der Waals surface area (Å²) in [5.74, 6) is -2.45. The van der Waals surface area contributed by atoms with Gasteiger partial charge in [-0.15, -0.1) is 0 Å². The SMILES string of the molecule is CC(=O)c1c(N)ccc(C(F)(F)F)c1F. The third kappa shape index (κ3) is 2.08. The maximum atomic E-state index is 13.3. The Bertz CT molecular complexity index is 411. The minimum Gasteiger partial charge on any atom is -0.398 e. The van der Waals surface area contributed by atoms with Gasteiger partial charge in [0, 0.05) is 5.69 Å². The molecule has 0 saturated carbocycles. The van der Waals surface area contributed by atoms with Crippen molar-refractivity contribution >= 4 is 11.5 Å². The first-order chi connectivity index (χ1) is 6.75. The fourth-order valence-electron chi connectivity index (χ4n) is 1.17. The van der Waals surface area contributed by atoms with Crippen LogP contribution in [0.5, 0.6) is 0 Å². The van der Waals surface area contributed by atoms with Crippen molar-refractivity contribution in [2.45, 2.75) is 13.1 Å². The van der Waals surface area contributed by atoms with Gasteiger partial charge in [0.15, 0.2) is 5.78 Å². The summed E-state index contributed by atoms with van der Waals surface area (Å²) in [7, 11) is 0. The summed E-state index contributed by atoms with van der Waals surface area (Å²) < 4.78 is 50.0. The molecule has 0 fully saturated rings. The van der Waals surface area contributed by atoms with Crippen molar-refractivity contribution in [1.82, 2.24) is 0 Å². The number of rotatable bonds is 1. The quantitative estimate of drug-likeness (QED) is 0.450. The van der Waals surface area contributed by atoms with Crippen molar-refractivity contribution in [3.63, 3.8) is 0 Å². The standard InChI is InChI=1S/C9H7F4NO/c1-4(15)7-6(14)3-2-5(8(7)10)9(11,12)13/h2-3H,14H2,1H3. The van der Waals surface area contributed by atoms with Crippen LogP contribution in [0.25, 0.3) is 0 Å². The van der Waals surface area contributed by atoms with Gasteiger partial charge >= 0.3 is 6.18 Å². The molecule has 1 aromatic rings. The van der Waals surface area contributed by atoms with Gasteiger partial charge in [0.25, 0.3) is 0 Å². The number of alkyl halides is 3. The van der Waals surface area contributed by atoms with Crippen molar-refractivity contribution in [1.29, 1.82) is 0 Å². The van der Waals surface area contributed by atoms with E-state index in [1.165, 1.54) is 0 Å². The Kier molecular flexibility index (Phi) is 2.70. The largest absolute Gasteiger partial charge is 0.419 e. The number of benzene rings is 1. The number of halogens is 4. The Labute approximate surface area is 82.7 Å². The molecule has 15 heavy (non-hydrogen) atoms. The minimum atomic E-state index is -4.83. The highest BCUT2D eigenvalue weighted by molar-refractivity contribution is 5.99. The zero-order chi connectivity index (χ0) is 11.8. The molecule has 0 aromatic heterocycles. The van der Waals surface area contributed by atoms with E-state index in [1.54, 1.807) is 0 Å². The van der Waals surface area contributed by atoms with Gasteiger partial charge in [0.05, 0.1) is 11.1 Å². The van der Waals surface area contributed by atoms with Crippen LogP contribution in [-0.2, 0) is 6.18 Å². The highest BCUT2D eigenvalue weighted by Crippen LogP contribution is 2.34. The van der Waals surface area contributed by atoms with E-state index < -0.39 is 28.9 Å². The van der Waals surface area contributed by atoms with Gasteiger partial charge < -0.3 is 5.73 Å². The van der Waals surface area contributed by atoms with Crippen molar-refractivity contribution in [3.8, 4) is 0 Å². The van der Waals surface area contributed by atoms with Crippen LogP contribution in [0.15, 0.2) is 12.1 Å². The smallest absolute Gasteiger partial charge is 0.398 e. The lowest BCUT2D eigenvalue weighted by molar-refractivity contribution is -0.140. The topological polar surface area (TPSA) is 43.1 Å². The number of hydrogen-bond acceptors (Lipinski definition) is 2. The van der Waals surface area contributed by atoms with Crippen LogP contribution in [0.3, 0.4) is 0 Å². The van der Waals surface area contributed by atoms with Crippen molar-refractivity contribution in [3.05, 3.63) is 29.1 Å². The molecule has 6 heteroatoms. The number of nitrogen functional groups attached to an aromatic ring is 1. The van der Waals surface area contributed by atoms with Crippen LogP contribution in [0.4, 0.5) is 23.2 Å². The number of carbonyl (C=O) groups excluding carboxylic acids is 1. The third-order valence-electron chi connectivity index (χ3n) is 1.83. The highest BCUT2D eigenvalue weighted by Gasteiger charge is 2.36. The molecule has 0 unspecified atom stereocenters. The number of carbonyl (C=O) groups is 1. The third-order valence-corrected chi connectivity index (χ3v) is 1.83. The Balaban J connectivity index is 3.49. The molecular formula is C9H7F4NO. The Hall–Kier alpha value is -1.59. The predicted molar refractivity (Wildman–Crippen MR) is 45.8 cm³/mol. The van der Waals surface area contributed by atoms with Gasteiger partial charge in [0.1, 0.15) is 5.82 Å². The zero-order valence-electron chi connectivity index (χ0n) is 7.65. The van der Waals surface area contributed by atoms with Gasteiger partial charge in [-0.25, -0.2) is 4.39 Å². The van der Waals surface area contributed by atoms with Gasteiger partial charge in [-0.3, -0.25) is 4.79 Å². The molecule has 0 atom stereocenters. The van der Waals surface area contributed by atoms with Crippen LogP contribution < -0.4 is 5.73 Å². The molecule has 0 heterocycles. The van der Waals surface area contributed by atoms with E-state index in [9.17, 15) is 22.4 Å². The van der Waals surface area contributed by atoms with E-state index in [4.69, 9.17) is 5.73 Å². The molecule has 1 rings (SSSR count). The molecule has 1 aromatic carbocycles. The van der Waals surface area contributed by atoms with E-state index in [-0.39, 0.29) is 5.69 Å². The van der Waals surface area contributed by atoms with Crippen LogP contribution in [0.2, 0.25) is 0 Å². The molecule has 0 bridgehead atoms. The number of ketones is 1. The van der Waals surface area contributed by atoms with Crippen molar-refractivity contribution in [2.24, 2.45) is 0 Å². The van der Waals surface area contributed by atoms with Gasteiger partial charge in [-0.1, -0.05) is 0 Å². The summed E-state index contributed by atoms with van der Waals surface area (Å²) in [6, 6.07) is 1.37. The summed E-state index contributed by atoms with van der Waals surface area (Å²) in [4.78, 5) is 10.9. The molecular weight excluding hydrogens is 214 g/mol. The van der Waals surface area contributed by atoms with E-state index in [0.29, 0.717) is 6.07 Å². The molecule has 0 amide bonds. The average molecular weight is 221 g/mol. The number of hydrogen-bond donors (Lipinski definition) is 1. The number of anilines is 1. The molecule has 0 saturated heterocycles. The number of Topliss-reactive ketones (excluding diaryl/α,β-unsaturated/α-hetero) is 1. The first-order valence-corrected chi connectivity index (χ1v) is 3.91. The highest BCUT2D eigenvalue weighted by atomic mass is 19.4. The lowest BCUT2D eigenvalue weighted by atomic mass is 10.0. The second kappa shape index (κ2) is 3.52. The summed E-state index contributed by atoms with van der Waals surface area (Å²) >= 11 is 0. The maximum absolute atomic E-state index is 13.3. The first kappa shape index (κ1) is 11.5. The summed E-state index contributed by atoms with van der Waals surface area (Å²) in [5.41, 5.74) is 2.71. The fraction of sp³-hybridized carbons (Fsp3) is 0.222. The van der Waals surface area contributed by atoms with E-state index in [0.717, 1.165) is 13.0 Å². The minimum absolute atomic E-state index is 0.298. The second-order valence-electron chi connectivity index (χ2n) is 2.95. The molecule has 0 aliphatic heterocycles. The summed E-state index contributed by atoms with van der Waals surface area (Å²) in [6.45, 7) is 0.953. The monoisotopic (exact) mass is 221 g/mol. The summed E-state index contributed by atoms with van der Waals surface area (Å²) in [6.07, 6.45) is -4.83. The van der Waals surface area contributed by atoms with Crippen LogP contribution in [0.1, 0.15) is 22.8 Å². The van der Waals surface area contributed by atoms with Crippen molar-refractivity contribution < 1.29 is 22.4 Å². The molecule has 82 valence electrons. The van der Waals surface area contributed by atoms with Crippen LogP contribution in [0, 0.1) is 5.82 Å². The second-order valence-corrected chi connectivity index (χ2v) is 2.95. The van der Waals surface area contributed by atoms with E-state index in [1.807, 2.05) is 0 Å². The molecule has 0 aliphatic carbocycles. The average Bonchev–Trinajstić information content (AvgIpc) is 2.00. The predicted octanol–water partition coefficient (Wildman–Crippen LogP) is 2.63. The van der Waals surface area contributed by atoms with E-state index >= 15 is 0 Å². The van der Waals surface area contributed by atoms with Crippen molar-refractivity contribution in [2.75, 3.05) is 5.73 Å². The van der Waals surface area contributed by atoms with Crippen LogP contribution in [-0.4, -0.2) is 5.78 Å². The summed E-state index contributed by atoms with van der Waals surface area (Å²) in [5, 5.41) is 0. The van der Waals surface area contributed by atoms with Crippen LogP contribution >= 0.6 is 0 Å². The molecule has 2 nitrogen and oxygen atoms in total. The fourth-order valence-corrected chi connectivity index (χ4v) is 1.17. The van der Waals surface area contributed by atoms with E-state index in [2.05, 4.69) is 0 Å². The lowest BCUT2D eigenvalue weighted by Gasteiger charge is -2.11. The maximum Gasteiger partial charge on any atom is 0.419 e. The Morgan fingerprint density at radius 2 is 1.87 bits per heavy atom. The Morgan fingerprint density at radius 3 is 2.27 bits per heavy atom. The molecule has 0 aliphatic rings. The molecule has 2 N–H and O–H groups in total. The lowest BCUT2D eigenvalue weighted by Crippen LogP contribution is -2.13. The number of nitrogens with two attached hydrogens (primary N) is 1. The molecule has 0 spiro atoms. The van der Waals surface area contributed by atoms with Gasteiger partial charge in [-0.2, -0.15) is 13.2 Å². The van der Waals surface area contributed by atoms with Gasteiger partial charge in [0.2, 0.25) is 0 Å². The normalized spacial score (nSPS) is 11.5. The first-order valence-electron chi connectivity index (χ1n) is 3.91. The molecule has 0 radical (unpaired) electrons. The Morgan fingerprint density at radius 1 is 1.33 bits per heavy atom. The zero-order valence-corrected chi connectivity index (χ0v) is 7.65. The van der Waals surface area contributed by atoms with Gasteiger partial charge in [-0.05, 0) is 19.1 Å².